The molecule has 0 aliphatic heterocycles. The highest BCUT2D eigenvalue weighted by molar-refractivity contribution is 7.80. The van der Waals surface area contributed by atoms with E-state index in [1.807, 2.05) is 0 Å². The van der Waals surface area contributed by atoms with Crippen molar-refractivity contribution in [2.24, 2.45) is 40.4 Å². The molecule has 0 nitrogen and oxygen atoms in total. The van der Waals surface area contributed by atoms with Crippen molar-refractivity contribution in [2.45, 2.75) is 79.1 Å². The second kappa shape index (κ2) is 5.77. The molecule has 0 N–H and O–H groups in total. The minimum absolute atomic E-state index is 0.546. The van der Waals surface area contributed by atoms with Crippen LogP contribution >= 0.6 is 12.6 Å². The van der Waals surface area contributed by atoms with E-state index in [0.29, 0.717) is 10.8 Å². The first-order valence-electron chi connectivity index (χ1n) is 9.49. The van der Waals surface area contributed by atoms with Crippen LogP contribution in [0.4, 0.5) is 0 Å². The standard InChI is InChI=1S/C20H36S/c1-14-6-5-10-20(4)11-9-17-15(13-21)7-8-16(12-18(14)20)19(17,2)3/h14-18,21H,5-13H2,1-4H3/t14-,15+,16+,17+,18-,20+/m1/s1. The molecule has 0 saturated heterocycles. The van der Waals surface area contributed by atoms with E-state index in [-0.39, 0.29) is 0 Å². The topological polar surface area (TPSA) is 0 Å². The first-order chi connectivity index (χ1) is 9.88. The van der Waals surface area contributed by atoms with Gasteiger partial charge in [-0.25, -0.2) is 0 Å². The van der Waals surface area contributed by atoms with Gasteiger partial charge in [-0.3, -0.25) is 0 Å². The molecule has 0 heterocycles. The fourth-order valence-electron chi connectivity index (χ4n) is 6.67. The summed E-state index contributed by atoms with van der Waals surface area (Å²) in [7, 11) is 0. The van der Waals surface area contributed by atoms with Crippen molar-refractivity contribution in [3.05, 3.63) is 0 Å². The van der Waals surface area contributed by atoms with Crippen LogP contribution in [-0.4, -0.2) is 5.75 Å². The van der Waals surface area contributed by atoms with Crippen LogP contribution in [0, 0.1) is 40.4 Å². The van der Waals surface area contributed by atoms with Crippen LogP contribution in [-0.2, 0) is 0 Å². The Morgan fingerprint density at radius 3 is 2.43 bits per heavy atom. The van der Waals surface area contributed by atoms with Gasteiger partial charge in [-0.15, -0.1) is 0 Å². The van der Waals surface area contributed by atoms with Crippen LogP contribution in [0.15, 0.2) is 0 Å². The van der Waals surface area contributed by atoms with Crippen molar-refractivity contribution in [1.29, 1.82) is 0 Å². The van der Waals surface area contributed by atoms with Gasteiger partial charge in [0.05, 0.1) is 0 Å². The maximum atomic E-state index is 4.70. The Balaban J connectivity index is 1.90. The molecule has 0 spiro atoms. The molecule has 3 rings (SSSR count). The van der Waals surface area contributed by atoms with Crippen molar-refractivity contribution in [3.8, 4) is 0 Å². The molecule has 3 fully saturated rings. The van der Waals surface area contributed by atoms with E-state index in [1.165, 1.54) is 51.4 Å². The van der Waals surface area contributed by atoms with E-state index in [1.54, 1.807) is 0 Å². The molecule has 0 radical (unpaired) electrons. The Kier molecular flexibility index (Phi) is 4.45. The Labute approximate surface area is 138 Å². The highest BCUT2D eigenvalue weighted by atomic mass is 32.1. The maximum absolute atomic E-state index is 4.70. The summed E-state index contributed by atoms with van der Waals surface area (Å²) >= 11 is 4.70. The molecule has 0 aromatic heterocycles. The Bertz CT molecular complexity index is 374. The zero-order valence-electron chi connectivity index (χ0n) is 14.7. The van der Waals surface area contributed by atoms with Crippen LogP contribution in [0.3, 0.4) is 0 Å². The van der Waals surface area contributed by atoms with Crippen molar-refractivity contribution in [2.75, 3.05) is 5.75 Å². The highest BCUT2D eigenvalue weighted by Gasteiger charge is 2.51. The Morgan fingerprint density at radius 2 is 1.71 bits per heavy atom. The third-order valence-electron chi connectivity index (χ3n) is 8.25. The quantitative estimate of drug-likeness (QED) is 0.547. The number of fused-ring (bicyclic) bond motifs is 3. The summed E-state index contributed by atoms with van der Waals surface area (Å²) < 4.78 is 0. The average Bonchev–Trinajstić information content (AvgIpc) is 2.42. The molecule has 0 amide bonds. The molecule has 6 atom stereocenters. The van der Waals surface area contributed by atoms with E-state index in [4.69, 9.17) is 12.6 Å². The van der Waals surface area contributed by atoms with Gasteiger partial charge in [0.2, 0.25) is 0 Å². The number of hydrogen-bond acceptors (Lipinski definition) is 1. The van der Waals surface area contributed by atoms with Gasteiger partial charge >= 0.3 is 0 Å². The predicted molar refractivity (Wildman–Crippen MR) is 95.8 cm³/mol. The first kappa shape index (κ1) is 16.2. The summed E-state index contributed by atoms with van der Waals surface area (Å²) in [5.74, 6) is 5.81. The molecule has 3 aliphatic rings. The third kappa shape index (κ3) is 2.70. The zero-order valence-corrected chi connectivity index (χ0v) is 15.6. The van der Waals surface area contributed by atoms with Gasteiger partial charge in [0.1, 0.15) is 0 Å². The summed E-state index contributed by atoms with van der Waals surface area (Å²) in [6.07, 6.45) is 11.8. The van der Waals surface area contributed by atoms with E-state index < -0.39 is 0 Å². The molecule has 21 heavy (non-hydrogen) atoms. The van der Waals surface area contributed by atoms with Gasteiger partial charge in [-0.2, -0.15) is 12.6 Å². The second-order valence-corrected chi connectivity index (χ2v) is 9.91. The van der Waals surface area contributed by atoms with Crippen LogP contribution < -0.4 is 0 Å². The smallest absolute Gasteiger partial charge is 0.00666 e. The molecule has 0 unspecified atom stereocenters. The first-order valence-corrected chi connectivity index (χ1v) is 10.1. The minimum atomic E-state index is 0.546. The summed E-state index contributed by atoms with van der Waals surface area (Å²) in [6, 6.07) is 0. The number of thiol groups is 1. The molecule has 1 heteroatoms. The van der Waals surface area contributed by atoms with E-state index in [2.05, 4.69) is 27.7 Å². The largest absolute Gasteiger partial charge is 0.179 e. The second-order valence-electron chi connectivity index (χ2n) is 9.55. The fraction of sp³-hybridized carbons (Fsp3) is 1.00. The van der Waals surface area contributed by atoms with Gasteiger partial charge in [-0.1, -0.05) is 40.5 Å². The van der Waals surface area contributed by atoms with Crippen LogP contribution in [0.2, 0.25) is 0 Å². The van der Waals surface area contributed by atoms with Gasteiger partial charge in [0.15, 0.2) is 0 Å². The molecule has 2 bridgehead atoms. The molecular formula is C20H36S. The SMILES string of the molecule is C[C@@H]1CCC[C@@]2(C)CC[C@H]3[C@H](CS)CC[C@@H](C[C@H]12)C3(C)C. The normalized spacial score (nSPS) is 49.9. The molecule has 3 aliphatic carbocycles. The average molecular weight is 309 g/mol. The molecule has 0 aromatic rings. The summed E-state index contributed by atoms with van der Waals surface area (Å²) in [5.41, 5.74) is 1.19. The van der Waals surface area contributed by atoms with Gasteiger partial charge < -0.3 is 0 Å². The Morgan fingerprint density at radius 1 is 0.952 bits per heavy atom. The predicted octanol–water partition coefficient (Wildman–Crippen LogP) is 6.21. The lowest BCUT2D eigenvalue weighted by molar-refractivity contribution is -0.0683. The van der Waals surface area contributed by atoms with Gasteiger partial charge in [0, 0.05) is 0 Å². The monoisotopic (exact) mass is 308 g/mol. The van der Waals surface area contributed by atoms with Crippen LogP contribution in [0.25, 0.3) is 0 Å². The van der Waals surface area contributed by atoms with E-state index in [0.717, 1.165) is 35.3 Å². The highest BCUT2D eigenvalue weighted by Crippen LogP contribution is 2.60. The summed E-state index contributed by atoms with van der Waals surface area (Å²) in [4.78, 5) is 0. The molecule has 0 aromatic carbocycles. The van der Waals surface area contributed by atoms with Crippen LogP contribution in [0.1, 0.15) is 79.1 Å². The van der Waals surface area contributed by atoms with E-state index >= 15 is 0 Å². The van der Waals surface area contributed by atoms with Crippen molar-refractivity contribution >= 4 is 12.6 Å². The van der Waals surface area contributed by atoms with Crippen molar-refractivity contribution in [3.63, 3.8) is 0 Å². The van der Waals surface area contributed by atoms with Crippen molar-refractivity contribution in [1.82, 2.24) is 0 Å². The number of rotatable bonds is 1. The summed E-state index contributed by atoms with van der Waals surface area (Å²) in [5, 5.41) is 0. The molecule has 3 saturated carbocycles. The van der Waals surface area contributed by atoms with Gasteiger partial charge in [-0.05, 0) is 84.7 Å². The minimum Gasteiger partial charge on any atom is -0.179 e. The van der Waals surface area contributed by atoms with E-state index in [9.17, 15) is 0 Å². The lowest BCUT2D eigenvalue weighted by atomic mass is 9.48. The summed E-state index contributed by atoms with van der Waals surface area (Å²) in [6.45, 7) is 10.4. The zero-order chi connectivity index (χ0) is 15.3. The third-order valence-corrected chi connectivity index (χ3v) is 8.72. The molecular weight excluding hydrogens is 272 g/mol. The fourth-order valence-corrected chi connectivity index (χ4v) is 7.10. The maximum Gasteiger partial charge on any atom is -0.00666 e. The van der Waals surface area contributed by atoms with Gasteiger partial charge in [0.25, 0.3) is 0 Å². The number of hydrogen-bond donors (Lipinski definition) is 1. The molecule has 122 valence electrons. The lowest BCUT2D eigenvalue weighted by Crippen LogP contribution is -2.49. The van der Waals surface area contributed by atoms with Crippen molar-refractivity contribution < 1.29 is 0 Å². The Hall–Kier alpha value is 0.350. The van der Waals surface area contributed by atoms with Crippen LogP contribution in [0.5, 0.6) is 0 Å². The lowest BCUT2D eigenvalue weighted by Gasteiger charge is -2.57.